The number of hydrogen-bond acceptors (Lipinski definition) is 5. The lowest BCUT2D eigenvalue weighted by molar-refractivity contribution is 0.667. The van der Waals surface area contributed by atoms with E-state index in [9.17, 15) is 0 Å². The van der Waals surface area contributed by atoms with Gasteiger partial charge in [-0.2, -0.15) is 0 Å². The lowest BCUT2D eigenvalue weighted by Gasteiger charge is -2.12. The van der Waals surface area contributed by atoms with Crippen LogP contribution in [-0.2, 0) is 0 Å². The minimum Gasteiger partial charge on any atom is -0.454 e. The Balaban J connectivity index is 0.886. The Hall–Kier alpha value is -9.20. The van der Waals surface area contributed by atoms with Gasteiger partial charge in [0.25, 0.3) is 0 Å². The number of benzene rings is 9. The number of para-hydroxylation sites is 3. The molecule has 14 aromatic rings. The van der Waals surface area contributed by atoms with Crippen LogP contribution in [0.2, 0.25) is 0 Å². The van der Waals surface area contributed by atoms with Gasteiger partial charge in [-0.05, 0) is 88.6 Å². The van der Waals surface area contributed by atoms with E-state index in [2.05, 4.69) is 202 Å². The molecule has 14 rings (SSSR count). The van der Waals surface area contributed by atoms with Crippen LogP contribution >= 0.6 is 0 Å². The van der Waals surface area contributed by atoms with Gasteiger partial charge >= 0.3 is 0 Å². The van der Waals surface area contributed by atoms with Crippen LogP contribution in [0.5, 0.6) is 0 Å². The average Bonchev–Trinajstić information content (AvgIpc) is 4.06. The predicted octanol–water partition coefficient (Wildman–Crippen LogP) is 15.2. The predicted molar refractivity (Wildman–Crippen MR) is 273 cm³/mol. The number of aromatic nitrogens is 6. The third-order valence-electron chi connectivity index (χ3n) is 13.3. The fourth-order valence-corrected chi connectivity index (χ4v) is 10.2. The first-order chi connectivity index (χ1) is 33.2. The molecule has 0 bridgehead atoms. The van der Waals surface area contributed by atoms with E-state index in [1.807, 2.05) is 18.2 Å². The molecule has 312 valence electrons. The largest absolute Gasteiger partial charge is 0.454 e. The molecule has 67 heavy (non-hydrogen) atoms. The molecular weight excluding hydrogens is 821 g/mol. The second-order valence-electron chi connectivity index (χ2n) is 17.1. The molecule has 0 atom stereocenters. The topological polar surface area (TPSA) is 74.6 Å². The number of furan rings is 1. The Morgan fingerprint density at radius 3 is 1.67 bits per heavy atom. The van der Waals surface area contributed by atoms with Gasteiger partial charge < -0.3 is 13.6 Å². The summed E-state index contributed by atoms with van der Waals surface area (Å²) in [6, 6.07) is 73.0. The zero-order valence-electron chi connectivity index (χ0n) is 35.9. The Morgan fingerprint density at radius 1 is 0.343 bits per heavy atom. The first-order valence-corrected chi connectivity index (χ1v) is 22.4. The fourth-order valence-electron chi connectivity index (χ4n) is 10.2. The van der Waals surface area contributed by atoms with Crippen molar-refractivity contribution >= 4 is 76.3 Å². The highest BCUT2D eigenvalue weighted by Crippen LogP contribution is 2.39. The Morgan fingerprint density at radius 2 is 0.925 bits per heavy atom. The Bertz CT molecular complexity index is 4240. The lowest BCUT2D eigenvalue weighted by Crippen LogP contribution is -2.00. The number of hydrogen-bond donors (Lipinski definition) is 0. The van der Waals surface area contributed by atoms with Gasteiger partial charge in [0.15, 0.2) is 23.1 Å². The van der Waals surface area contributed by atoms with Crippen LogP contribution < -0.4 is 0 Å². The molecule has 0 unspecified atom stereocenters. The van der Waals surface area contributed by atoms with Crippen LogP contribution in [-0.4, -0.2) is 29.1 Å². The normalized spacial score (nSPS) is 11.9. The molecule has 0 spiro atoms. The van der Waals surface area contributed by atoms with Crippen molar-refractivity contribution in [1.29, 1.82) is 0 Å². The van der Waals surface area contributed by atoms with E-state index in [0.29, 0.717) is 17.5 Å². The maximum atomic E-state index is 6.24. The molecule has 0 aliphatic carbocycles. The number of rotatable bonds is 6. The average molecular weight is 857 g/mol. The molecule has 5 aromatic heterocycles. The van der Waals surface area contributed by atoms with Crippen molar-refractivity contribution in [2.75, 3.05) is 0 Å². The SMILES string of the molecule is c1cc(-c2ccc(-n3c4ccccc4c4ccc(-n5c6ccccc6c6ccccc65)cc43)cc2)cc(-c2nc(-c3ccc4ccccc4c3)nc(-c3cccc4oc5cnccc5c34)n2)c1. The van der Waals surface area contributed by atoms with E-state index in [1.165, 1.54) is 32.6 Å². The van der Waals surface area contributed by atoms with Crippen molar-refractivity contribution in [2.24, 2.45) is 0 Å². The summed E-state index contributed by atoms with van der Waals surface area (Å²) in [5.41, 5.74) is 13.2. The lowest BCUT2D eigenvalue weighted by atomic mass is 10.0. The fraction of sp³-hybridized carbons (Fsp3) is 0. The molecule has 0 amide bonds. The highest BCUT2D eigenvalue weighted by molar-refractivity contribution is 6.13. The van der Waals surface area contributed by atoms with E-state index in [1.54, 1.807) is 12.4 Å². The highest BCUT2D eigenvalue weighted by Gasteiger charge is 2.20. The van der Waals surface area contributed by atoms with Crippen LogP contribution in [0.15, 0.2) is 223 Å². The van der Waals surface area contributed by atoms with Crippen molar-refractivity contribution in [3.63, 3.8) is 0 Å². The zero-order valence-corrected chi connectivity index (χ0v) is 35.9. The van der Waals surface area contributed by atoms with E-state index in [-0.39, 0.29) is 0 Å². The molecule has 0 saturated carbocycles. The van der Waals surface area contributed by atoms with Crippen LogP contribution in [0.3, 0.4) is 0 Å². The Kier molecular flexibility index (Phi) is 8.15. The summed E-state index contributed by atoms with van der Waals surface area (Å²) in [6.07, 6.45) is 3.54. The third kappa shape index (κ3) is 5.92. The highest BCUT2D eigenvalue weighted by atomic mass is 16.3. The van der Waals surface area contributed by atoms with Crippen molar-refractivity contribution in [3.8, 4) is 56.7 Å². The summed E-state index contributed by atoms with van der Waals surface area (Å²) >= 11 is 0. The first-order valence-electron chi connectivity index (χ1n) is 22.4. The molecule has 7 heteroatoms. The summed E-state index contributed by atoms with van der Waals surface area (Å²) in [5.74, 6) is 1.75. The summed E-state index contributed by atoms with van der Waals surface area (Å²) in [7, 11) is 0. The van der Waals surface area contributed by atoms with Crippen molar-refractivity contribution < 1.29 is 4.42 Å². The van der Waals surface area contributed by atoms with Crippen LogP contribution in [0.4, 0.5) is 0 Å². The van der Waals surface area contributed by atoms with Crippen LogP contribution in [0, 0.1) is 0 Å². The van der Waals surface area contributed by atoms with Crippen LogP contribution in [0.1, 0.15) is 0 Å². The van der Waals surface area contributed by atoms with E-state index < -0.39 is 0 Å². The smallest absolute Gasteiger partial charge is 0.164 e. The van der Waals surface area contributed by atoms with Crippen molar-refractivity contribution in [1.82, 2.24) is 29.1 Å². The molecule has 0 saturated heterocycles. The van der Waals surface area contributed by atoms with E-state index in [4.69, 9.17) is 19.4 Å². The standard InChI is InChI=1S/C60H36N6O/c1-2-12-39-34-42(24-23-37(39)11-1)59-62-58(63-60(64-59)50-18-10-22-55-57(50)49-31-32-61-36-56(49)67-55)41-14-9-13-40(33-41)38-25-27-43(28-26-38)65-51-19-6-5-17-47(51)48-30-29-44(35-54(48)65)66-52-20-7-3-15-45(52)46-16-4-8-21-53(46)66/h1-36H. The minimum absolute atomic E-state index is 0.570. The quantitative estimate of drug-likeness (QED) is 0.167. The zero-order chi connectivity index (χ0) is 44.0. The van der Waals surface area contributed by atoms with Gasteiger partial charge in [-0.25, -0.2) is 15.0 Å². The summed E-state index contributed by atoms with van der Waals surface area (Å²) in [6.45, 7) is 0. The summed E-state index contributed by atoms with van der Waals surface area (Å²) in [5, 5.41) is 9.12. The van der Waals surface area contributed by atoms with E-state index in [0.717, 1.165) is 82.9 Å². The van der Waals surface area contributed by atoms with Gasteiger partial charge in [-0.1, -0.05) is 140 Å². The van der Waals surface area contributed by atoms with E-state index >= 15 is 0 Å². The molecule has 7 nitrogen and oxygen atoms in total. The van der Waals surface area contributed by atoms with Crippen LogP contribution in [0.25, 0.3) is 133 Å². The second kappa shape index (κ2) is 14.7. The molecule has 9 aromatic carbocycles. The molecule has 0 N–H and O–H groups in total. The monoisotopic (exact) mass is 856 g/mol. The van der Waals surface area contributed by atoms with Gasteiger partial charge in [0.1, 0.15) is 5.58 Å². The van der Waals surface area contributed by atoms with Gasteiger partial charge in [0, 0.05) is 66.6 Å². The summed E-state index contributed by atoms with van der Waals surface area (Å²) < 4.78 is 11.0. The maximum Gasteiger partial charge on any atom is 0.164 e. The van der Waals surface area contributed by atoms with Gasteiger partial charge in [-0.15, -0.1) is 0 Å². The van der Waals surface area contributed by atoms with Gasteiger partial charge in [0.05, 0.1) is 28.3 Å². The van der Waals surface area contributed by atoms with Crippen molar-refractivity contribution in [3.05, 3.63) is 219 Å². The number of fused-ring (bicyclic) bond motifs is 10. The molecule has 0 radical (unpaired) electrons. The Labute approximate surface area is 383 Å². The molecule has 0 aliphatic rings. The number of pyridine rings is 1. The molecule has 0 fully saturated rings. The minimum atomic E-state index is 0.570. The third-order valence-corrected chi connectivity index (χ3v) is 13.3. The molecular formula is C60H36N6O. The van der Waals surface area contributed by atoms with Crippen molar-refractivity contribution in [2.45, 2.75) is 0 Å². The maximum absolute atomic E-state index is 6.24. The number of nitrogens with zero attached hydrogens (tertiary/aromatic N) is 6. The van der Waals surface area contributed by atoms with Gasteiger partial charge in [-0.3, -0.25) is 4.98 Å². The molecule has 5 heterocycles. The van der Waals surface area contributed by atoms with Gasteiger partial charge in [0.2, 0.25) is 0 Å². The first kappa shape index (κ1) is 37.2. The molecule has 0 aliphatic heterocycles. The summed E-state index contributed by atoms with van der Waals surface area (Å²) in [4.78, 5) is 19.9. The second-order valence-corrected chi connectivity index (χ2v) is 17.1.